The molecule has 0 aliphatic heterocycles. The van der Waals surface area contributed by atoms with E-state index in [4.69, 9.17) is 27.9 Å². The Bertz CT molecular complexity index is 1660. The molecule has 5 aromatic rings. The lowest BCUT2D eigenvalue weighted by molar-refractivity contribution is -0.136. The maximum Gasteiger partial charge on any atom is 0.417 e. The first-order chi connectivity index (χ1) is 18.0. The van der Waals surface area contributed by atoms with Gasteiger partial charge in [-0.25, -0.2) is 9.67 Å². The smallest absolute Gasteiger partial charge is 0.417 e. The molecule has 0 unspecified atom stereocenters. The van der Waals surface area contributed by atoms with Crippen LogP contribution in [0, 0.1) is 20.8 Å². The molecule has 0 saturated heterocycles. The van der Waals surface area contributed by atoms with Gasteiger partial charge in [-0.3, -0.25) is 0 Å². The van der Waals surface area contributed by atoms with Crippen LogP contribution >= 0.6 is 23.2 Å². The van der Waals surface area contributed by atoms with E-state index in [-0.39, 0.29) is 29.0 Å². The van der Waals surface area contributed by atoms with Crippen molar-refractivity contribution >= 4 is 34.2 Å². The van der Waals surface area contributed by atoms with E-state index in [9.17, 15) is 13.2 Å². The van der Waals surface area contributed by atoms with E-state index in [1.54, 1.807) is 49.4 Å². The predicted octanol–water partition coefficient (Wildman–Crippen LogP) is 8.92. The standard InChI is InChI=1S/C29H22Cl2F3N3O/c1-16-4-9-22(12-17(16)2)37-28-27(18(3)36-37)24(29(32,33)34)14-26(35-28)19-6-10-23(11-7-19)38-15-20-5-8-21(30)13-25(20)31/h4-14H,15H2,1-3H3. The normalized spacial score (nSPS) is 11.8. The summed E-state index contributed by atoms with van der Waals surface area (Å²) in [6.45, 7) is 5.70. The van der Waals surface area contributed by atoms with Gasteiger partial charge in [-0.2, -0.15) is 18.3 Å². The van der Waals surface area contributed by atoms with Gasteiger partial charge in [0.2, 0.25) is 0 Å². The first-order valence-corrected chi connectivity index (χ1v) is 12.5. The van der Waals surface area contributed by atoms with Gasteiger partial charge in [0, 0.05) is 21.2 Å². The topological polar surface area (TPSA) is 39.9 Å². The van der Waals surface area contributed by atoms with Crippen LogP contribution in [0.4, 0.5) is 13.2 Å². The van der Waals surface area contributed by atoms with Crippen molar-refractivity contribution in [3.8, 4) is 22.7 Å². The highest BCUT2D eigenvalue weighted by molar-refractivity contribution is 6.35. The Morgan fingerprint density at radius 2 is 1.61 bits per heavy atom. The quantitative estimate of drug-likeness (QED) is 0.217. The number of nitrogens with zero attached hydrogens (tertiary/aromatic N) is 3. The Hall–Kier alpha value is -3.55. The molecule has 0 amide bonds. The molecule has 0 radical (unpaired) electrons. The molecule has 0 spiro atoms. The molecule has 4 nitrogen and oxygen atoms in total. The second-order valence-electron chi connectivity index (χ2n) is 9.07. The monoisotopic (exact) mass is 555 g/mol. The lowest BCUT2D eigenvalue weighted by Gasteiger charge is -2.13. The summed E-state index contributed by atoms with van der Waals surface area (Å²) in [7, 11) is 0. The van der Waals surface area contributed by atoms with Crippen LogP contribution in [0.15, 0.2) is 66.7 Å². The molecule has 0 N–H and O–H groups in total. The van der Waals surface area contributed by atoms with Crippen LogP contribution in [0.5, 0.6) is 5.75 Å². The van der Waals surface area contributed by atoms with Gasteiger partial charge < -0.3 is 4.74 Å². The number of pyridine rings is 1. The van der Waals surface area contributed by atoms with Crippen molar-refractivity contribution in [2.45, 2.75) is 33.6 Å². The van der Waals surface area contributed by atoms with Crippen molar-refractivity contribution in [1.82, 2.24) is 14.8 Å². The van der Waals surface area contributed by atoms with Crippen molar-refractivity contribution in [2.24, 2.45) is 0 Å². The molecular formula is C29H22Cl2F3N3O. The minimum absolute atomic E-state index is 0.0146. The molecule has 0 fully saturated rings. The zero-order chi connectivity index (χ0) is 27.2. The maximum absolute atomic E-state index is 14.2. The number of aromatic nitrogens is 3. The number of rotatable bonds is 5. The van der Waals surface area contributed by atoms with E-state index < -0.39 is 11.7 Å². The Morgan fingerprint density at radius 1 is 0.868 bits per heavy atom. The van der Waals surface area contributed by atoms with Crippen LogP contribution in [0.25, 0.3) is 28.0 Å². The minimum atomic E-state index is -4.58. The van der Waals surface area contributed by atoms with Gasteiger partial charge in [0.05, 0.1) is 28.0 Å². The summed E-state index contributed by atoms with van der Waals surface area (Å²) in [4.78, 5) is 4.64. The zero-order valence-corrected chi connectivity index (χ0v) is 22.2. The summed E-state index contributed by atoms with van der Waals surface area (Å²) in [5, 5.41) is 5.44. The number of hydrogen-bond acceptors (Lipinski definition) is 3. The number of aryl methyl sites for hydroxylation is 3. The van der Waals surface area contributed by atoms with E-state index in [1.807, 2.05) is 32.0 Å². The van der Waals surface area contributed by atoms with Gasteiger partial charge in [-0.05, 0) is 86.5 Å². The summed E-state index contributed by atoms with van der Waals surface area (Å²) < 4.78 is 49.9. The zero-order valence-electron chi connectivity index (χ0n) is 20.7. The van der Waals surface area contributed by atoms with E-state index in [2.05, 4.69) is 10.1 Å². The predicted molar refractivity (Wildman–Crippen MR) is 144 cm³/mol. The van der Waals surface area contributed by atoms with Gasteiger partial charge >= 0.3 is 6.18 Å². The van der Waals surface area contributed by atoms with Gasteiger partial charge in [0.25, 0.3) is 0 Å². The summed E-state index contributed by atoms with van der Waals surface area (Å²) in [6.07, 6.45) is -4.58. The molecule has 9 heteroatoms. The number of fused-ring (bicyclic) bond motifs is 1. The summed E-state index contributed by atoms with van der Waals surface area (Å²) in [5.41, 5.74) is 3.82. The van der Waals surface area contributed by atoms with Gasteiger partial charge in [0.1, 0.15) is 12.4 Å². The molecule has 3 aromatic carbocycles. The molecule has 38 heavy (non-hydrogen) atoms. The van der Waals surface area contributed by atoms with Gasteiger partial charge in [0.15, 0.2) is 5.65 Å². The summed E-state index contributed by atoms with van der Waals surface area (Å²) in [5.74, 6) is 0.535. The van der Waals surface area contributed by atoms with E-state index in [0.29, 0.717) is 27.0 Å². The highest BCUT2D eigenvalue weighted by Crippen LogP contribution is 2.39. The van der Waals surface area contributed by atoms with Gasteiger partial charge in [-0.15, -0.1) is 0 Å². The van der Waals surface area contributed by atoms with Crippen LogP contribution < -0.4 is 4.74 Å². The molecule has 2 aromatic heterocycles. The molecule has 0 atom stereocenters. The van der Waals surface area contributed by atoms with Gasteiger partial charge in [-0.1, -0.05) is 35.3 Å². The first kappa shape index (κ1) is 26.1. The van der Waals surface area contributed by atoms with E-state index >= 15 is 0 Å². The molecule has 0 saturated carbocycles. The first-order valence-electron chi connectivity index (χ1n) is 11.7. The molecule has 0 bridgehead atoms. The number of halogens is 5. The third-order valence-electron chi connectivity index (χ3n) is 6.41. The molecule has 0 aliphatic rings. The molecule has 2 heterocycles. The largest absolute Gasteiger partial charge is 0.489 e. The van der Waals surface area contributed by atoms with Crippen molar-refractivity contribution in [1.29, 1.82) is 0 Å². The van der Waals surface area contributed by atoms with Crippen LogP contribution in [-0.4, -0.2) is 14.8 Å². The fraction of sp³-hybridized carbons (Fsp3) is 0.172. The number of benzene rings is 3. The fourth-order valence-corrected chi connectivity index (χ4v) is 4.68. The number of alkyl halides is 3. The Balaban J connectivity index is 1.54. The third-order valence-corrected chi connectivity index (χ3v) is 7.00. The number of hydrogen-bond donors (Lipinski definition) is 0. The average Bonchev–Trinajstić information content (AvgIpc) is 3.20. The van der Waals surface area contributed by atoms with Crippen LogP contribution in [0.3, 0.4) is 0 Å². The third kappa shape index (κ3) is 5.08. The second-order valence-corrected chi connectivity index (χ2v) is 9.91. The summed E-state index contributed by atoms with van der Waals surface area (Å²) >= 11 is 12.1. The SMILES string of the molecule is Cc1ccc(-n2nc(C)c3c(C(F)(F)F)cc(-c4ccc(OCc5ccc(Cl)cc5Cl)cc4)nc32)cc1C. The Kier molecular flexibility index (Phi) is 6.84. The molecular weight excluding hydrogens is 534 g/mol. The fourth-order valence-electron chi connectivity index (χ4n) is 4.22. The average molecular weight is 556 g/mol. The summed E-state index contributed by atoms with van der Waals surface area (Å²) in [6, 6.07) is 18.6. The van der Waals surface area contributed by atoms with Crippen molar-refractivity contribution in [3.63, 3.8) is 0 Å². The molecule has 194 valence electrons. The number of ether oxygens (including phenoxy) is 1. The van der Waals surface area contributed by atoms with Crippen molar-refractivity contribution in [2.75, 3.05) is 0 Å². The minimum Gasteiger partial charge on any atom is -0.489 e. The van der Waals surface area contributed by atoms with E-state index in [0.717, 1.165) is 22.8 Å². The lowest BCUT2D eigenvalue weighted by atomic mass is 10.0. The van der Waals surface area contributed by atoms with Crippen LogP contribution in [0.1, 0.15) is 27.9 Å². The van der Waals surface area contributed by atoms with Crippen LogP contribution in [0.2, 0.25) is 10.0 Å². The highest BCUT2D eigenvalue weighted by atomic mass is 35.5. The lowest BCUT2D eigenvalue weighted by Crippen LogP contribution is -2.08. The van der Waals surface area contributed by atoms with Crippen molar-refractivity contribution in [3.05, 3.63) is 105 Å². The second kappa shape index (κ2) is 9.97. The van der Waals surface area contributed by atoms with E-state index in [1.165, 1.54) is 4.68 Å². The van der Waals surface area contributed by atoms with Crippen molar-refractivity contribution < 1.29 is 17.9 Å². The van der Waals surface area contributed by atoms with Crippen LogP contribution in [-0.2, 0) is 12.8 Å². The molecule has 5 rings (SSSR count). The highest BCUT2D eigenvalue weighted by Gasteiger charge is 2.36. The maximum atomic E-state index is 14.2. The Morgan fingerprint density at radius 3 is 2.26 bits per heavy atom. The molecule has 0 aliphatic carbocycles. The Labute approximate surface area is 227 Å².